The van der Waals surface area contributed by atoms with Crippen LogP contribution in [0.4, 0.5) is 4.39 Å². The van der Waals surface area contributed by atoms with Crippen molar-refractivity contribution in [3.8, 4) is 0 Å². The Kier molecular flexibility index (Phi) is 4.53. The smallest absolute Gasteiger partial charge is 0.225 e. The summed E-state index contributed by atoms with van der Waals surface area (Å²) in [6, 6.07) is 4.86. The lowest BCUT2D eigenvalue weighted by Gasteiger charge is -2.09. The van der Waals surface area contributed by atoms with Crippen LogP contribution < -0.4 is 0 Å². The van der Waals surface area contributed by atoms with Crippen molar-refractivity contribution in [2.24, 2.45) is 0 Å². The van der Waals surface area contributed by atoms with Gasteiger partial charge in [0.05, 0.1) is 0 Å². The van der Waals surface area contributed by atoms with Crippen molar-refractivity contribution in [2.45, 2.75) is 39.7 Å². The third-order valence-corrected chi connectivity index (χ3v) is 3.44. The number of aromatic nitrogens is 3. The average molecular weight is 282 g/mol. The highest BCUT2D eigenvalue weighted by molar-refractivity contribution is 6.28. The predicted molar refractivity (Wildman–Crippen MR) is 73.9 cm³/mol. The minimum atomic E-state index is -0.199. The number of hydrogen-bond donors (Lipinski definition) is 0. The minimum absolute atomic E-state index is 0.199. The number of rotatable bonds is 5. The van der Waals surface area contributed by atoms with E-state index in [-0.39, 0.29) is 5.82 Å². The summed E-state index contributed by atoms with van der Waals surface area (Å²) in [5.74, 6) is 0.711. The maximum atomic E-state index is 13.0. The van der Waals surface area contributed by atoms with Gasteiger partial charge in [0.2, 0.25) is 5.28 Å². The van der Waals surface area contributed by atoms with E-state index < -0.39 is 0 Å². The topological polar surface area (TPSA) is 30.7 Å². The molecule has 0 radical (unpaired) electrons. The van der Waals surface area contributed by atoms with Gasteiger partial charge in [-0.1, -0.05) is 13.0 Å². The second-order valence-electron chi connectivity index (χ2n) is 4.61. The van der Waals surface area contributed by atoms with Crippen molar-refractivity contribution in [3.05, 3.63) is 46.3 Å². The zero-order chi connectivity index (χ0) is 13.8. The first kappa shape index (κ1) is 14.0. The molecule has 2 rings (SSSR count). The van der Waals surface area contributed by atoms with Gasteiger partial charge in [-0.3, -0.25) is 0 Å². The number of hydrogen-bond acceptors (Lipinski definition) is 2. The third-order valence-electron chi connectivity index (χ3n) is 3.17. The van der Waals surface area contributed by atoms with Crippen LogP contribution in [0, 0.1) is 12.7 Å². The molecule has 0 saturated heterocycles. The molecule has 0 spiro atoms. The number of halogens is 2. The second-order valence-corrected chi connectivity index (χ2v) is 4.95. The van der Waals surface area contributed by atoms with Crippen LogP contribution in [0.25, 0.3) is 0 Å². The molecule has 0 bridgehead atoms. The van der Waals surface area contributed by atoms with Crippen LogP contribution in [0.2, 0.25) is 5.28 Å². The summed E-state index contributed by atoms with van der Waals surface area (Å²) in [4.78, 5) is 0. The predicted octanol–water partition coefficient (Wildman–Crippen LogP) is 3.57. The summed E-state index contributed by atoms with van der Waals surface area (Å²) >= 11 is 6.04. The van der Waals surface area contributed by atoms with Crippen LogP contribution in [-0.4, -0.2) is 14.8 Å². The van der Waals surface area contributed by atoms with Gasteiger partial charge in [0.1, 0.15) is 11.6 Å². The largest absolute Gasteiger partial charge is 0.301 e. The number of benzene rings is 1. The van der Waals surface area contributed by atoms with Crippen LogP contribution in [-0.2, 0) is 19.4 Å². The zero-order valence-corrected chi connectivity index (χ0v) is 11.9. The monoisotopic (exact) mass is 281 g/mol. The normalized spacial score (nSPS) is 10.9. The SMILES string of the molecule is CCCc1nnc(Cl)n1CCc1ccc(F)cc1C. The van der Waals surface area contributed by atoms with E-state index in [1.165, 1.54) is 6.07 Å². The van der Waals surface area contributed by atoms with E-state index in [1.54, 1.807) is 6.07 Å². The Balaban J connectivity index is 2.12. The molecule has 1 heterocycles. The Morgan fingerprint density at radius 3 is 2.74 bits per heavy atom. The fourth-order valence-corrected chi connectivity index (χ4v) is 2.34. The summed E-state index contributed by atoms with van der Waals surface area (Å²) in [5, 5.41) is 8.40. The van der Waals surface area contributed by atoms with Gasteiger partial charge in [0, 0.05) is 13.0 Å². The molecule has 0 saturated carbocycles. The molecule has 3 nitrogen and oxygen atoms in total. The molecule has 19 heavy (non-hydrogen) atoms. The van der Waals surface area contributed by atoms with E-state index in [1.807, 2.05) is 17.6 Å². The fraction of sp³-hybridized carbons (Fsp3) is 0.429. The van der Waals surface area contributed by atoms with Crippen molar-refractivity contribution in [1.82, 2.24) is 14.8 Å². The van der Waals surface area contributed by atoms with Crippen molar-refractivity contribution in [2.75, 3.05) is 0 Å². The van der Waals surface area contributed by atoms with Gasteiger partial charge in [0.25, 0.3) is 0 Å². The first-order chi connectivity index (χ1) is 9.11. The van der Waals surface area contributed by atoms with Gasteiger partial charge >= 0.3 is 0 Å². The van der Waals surface area contributed by atoms with E-state index in [9.17, 15) is 4.39 Å². The van der Waals surface area contributed by atoms with Crippen molar-refractivity contribution in [1.29, 1.82) is 0 Å². The van der Waals surface area contributed by atoms with Crippen LogP contribution in [0.3, 0.4) is 0 Å². The highest BCUT2D eigenvalue weighted by Crippen LogP contribution is 2.15. The van der Waals surface area contributed by atoms with Crippen LogP contribution in [0.1, 0.15) is 30.3 Å². The van der Waals surface area contributed by atoms with Crippen LogP contribution >= 0.6 is 11.6 Å². The first-order valence-corrected chi connectivity index (χ1v) is 6.82. The van der Waals surface area contributed by atoms with E-state index in [0.29, 0.717) is 11.8 Å². The summed E-state index contributed by atoms with van der Waals surface area (Å²) < 4.78 is 15.0. The Morgan fingerprint density at radius 1 is 1.26 bits per heavy atom. The van der Waals surface area contributed by atoms with Crippen LogP contribution in [0.15, 0.2) is 18.2 Å². The van der Waals surface area contributed by atoms with E-state index in [2.05, 4.69) is 17.1 Å². The Hall–Kier alpha value is -1.42. The summed E-state index contributed by atoms with van der Waals surface area (Å²) in [5.41, 5.74) is 2.08. The van der Waals surface area contributed by atoms with Gasteiger partial charge in [-0.2, -0.15) is 0 Å². The zero-order valence-electron chi connectivity index (χ0n) is 11.2. The van der Waals surface area contributed by atoms with Crippen LogP contribution in [0.5, 0.6) is 0 Å². The maximum Gasteiger partial charge on any atom is 0.225 e. The van der Waals surface area contributed by atoms with Crippen molar-refractivity contribution < 1.29 is 4.39 Å². The highest BCUT2D eigenvalue weighted by Gasteiger charge is 2.10. The van der Waals surface area contributed by atoms with Gasteiger partial charge in [-0.15, -0.1) is 10.2 Å². The number of nitrogens with zero attached hydrogens (tertiary/aromatic N) is 3. The van der Waals surface area contributed by atoms with Gasteiger partial charge in [0.15, 0.2) is 0 Å². The molecular weight excluding hydrogens is 265 g/mol. The molecule has 5 heteroatoms. The quantitative estimate of drug-likeness (QED) is 0.839. The molecule has 1 aromatic carbocycles. The lowest BCUT2D eigenvalue weighted by molar-refractivity contribution is 0.620. The molecule has 0 unspecified atom stereocenters. The van der Waals surface area contributed by atoms with E-state index >= 15 is 0 Å². The third kappa shape index (κ3) is 3.32. The first-order valence-electron chi connectivity index (χ1n) is 6.44. The average Bonchev–Trinajstić information content (AvgIpc) is 2.70. The van der Waals surface area contributed by atoms with Gasteiger partial charge < -0.3 is 4.57 Å². The Bertz CT molecular complexity index is 566. The summed E-state index contributed by atoms with van der Waals surface area (Å²) in [6.07, 6.45) is 2.66. The molecular formula is C14H17ClFN3. The molecule has 0 N–H and O–H groups in total. The highest BCUT2D eigenvalue weighted by atomic mass is 35.5. The number of aryl methyl sites for hydroxylation is 3. The van der Waals surface area contributed by atoms with Gasteiger partial charge in [-0.25, -0.2) is 4.39 Å². The molecule has 102 valence electrons. The Morgan fingerprint density at radius 2 is 2.05 bits per heavy atom. The summed E-state index contributed by atoms with van der Waals surface area (Å²) in [7, 11) is 0. The van der Waals surface area contributed by atoms with E-state index in [0.717, 1.165) is 36.2 Å². The second kappa shape index (κ2) is 6.15. The molecule has 0 aliphatic rings. The molecule has 1 aromatic heterocycles. The molecule has 0 fully saturated rings. The lowest BCUT2D eigenvalue weighted by Crippen LogP contribution is -2.07. The molecule has 2 aromatic rings. The Labute approximate surface area is 117 Å². The van der Waals surface area contributed by atoms with Crippen molar-refractivity contribution >= 4 is 11.6 Å². The maximum absolute atomic E-state index is 13.0. The molecule has 0 aliphatic carbocycles. The lowest BCUT2D eigenvalue weighted by atomic mass is 10.1. The molecule has 0 amide bonds. The standard InChI is InChI=1S/C14H17ClFN3/c1-3-4-13-17-18-14(15)19(13)8-7-11-5-6-12(16)9-10(11)2/h5-6,9H,3-4,7-8H2,1-2H3. The summed E-state index contributed by atoms with van der Waals surface area (Å²) in [6.45, 7) is 4.73. The minimum Gasteiger partial charge on any atom is -0.301 e. The van der Waals surface area contributed by atoms with Crippen molar-refractivity contribution in [3.63, 3.8) is 0 Å². The molecule has 0 atom stereocenters. The van der Waals surface area contributed by atoms with E-state index in [4.69, 9.17) is 11.6 Å². The molecule has 0 aliphatic heterocycles. The fourth-order valence-electron chi connectivity index (χ4n) is 2.12. The van der Waals surface area contributed by atoms with Gasteiger partial charge in [-0.05, 0) is 54.6 Å².